The van der Waals surface area contributed by atoms with E-state index in [0.29, 0.717) is 29.0 Å². The molecule has 2 atom stereocenters. The third-order valence-electron chi connectivity index (χ3n) is 13.7. The number of nitrogens with one attached hydrogen (secondary N) is 3. The summed E-state index contributed by atoms with van der Waals surface area (Å²) in [7, 11) is 1.91. The number of benzene rings is 3. The van der Waals surface area contributed by atoms with E-state index in [-0.39, 0.29) is 18.7 Å². The van der Waals surface area contributed by atoms with Crippen molar-refractivity contribution in [3.05, 3.63) is 94.2 Å². The fraction of sp³-hybridized carbons (Fsp3) is 0.426. The number of carbonyl (C=O) groups excluding carboxylic acids is 4. The Labute approximate surface area is 360 Å². The molecule has 15 heteroatoms. The van der Waals surface area contributed by atoms with Crippen LogP contribution in [0.3, 0.4) is 0 Å². The van der Waals surface area contributed by atoms with Gasteiger partial charge in [0, 0.05) is 75.5 Å². The third-order valence-corrected chi connectivity index (χ3v) is 13.7. The van der Waals surface area contributed by atoms with Crippen molar-refractivity contribution in [2.45, 2.75) is 77.4 Å². The van der Waals surface area contributed by atoms with Crippen LogP contribution in [0.5, 0.6) is 0 Å². The molecule has 7 heterocycles. The van der Waals surface area contributed by atoms with Crippen LogP contribution >= 0.6 is 0 Å². The molecule has 320 valence electrons. The van der Waals surface area contributed by atoms with Gasteiger partial charge in [0.05, 0.1) is 16.5 Å². The summed E-state index contributed by atoms with van der Waals surface area (Å²) >= 11 is 0. The zero-order valence-corrected chi connectivity index (χ0v) is 35.6. The van der Waals surface area contributed by atoms with Crippen LogP contribution in [0.25, 0.3) is 11.0 Å². The highest BCUT2D eigenvalue weighted by Crippen LogP contribution is 2.34. The lowest BCUT2D eigenvalue weighted by Crippen LogP contribution is -2.54. The summed E-state index contributed by atoms with van der Waals surface area (Å²) in [5, 5.41) is 14.9. The van der Waals surface area contributed by atoms with Crippen LogP contribution < -0.4 is 20.9 Å². The number of piperidine rings is 3. The predicted octanol–water partition coefficient (Wildman–Crippen LogP) is 5.61. The predicted molar refractivity (Wildman–Crippen MR) is 237 cm³/mol. The van der Waals surface area contributed by atoms with Crippen LogP contribution in [0.1, 0.15) is 81.5 Å². The number of carbonyl (C=O) groups is 4. The van der Waals surface area contributed by atoms with Crippen molar-refractivity contribution in [1.29, 1.82) is 0 Å². The first kappa shape index (κ1) is 39.9. The standard InChI is InChI=1S/C47H53N11O4/c1-28-6-4-7-29(2)41(28)51-42-38-24-48-47(52-43(38)54(3)53-42)49-33-10-9-31-15-21-57(27-32(31)22-33)34-16-19-55(20-17-34)25-30-8-5-18-56(26-30)35-11-12-36-37(23-35)46(62)58(45(36)61)39-13-14-40(59)50-44(39)60/h4,6-7,9-12,22-24,30,34,39H,5,8,13-21,25-27H2,1-3H3,(H,51,53)(H,48,49,52)(H,50,59,60)/t30-,39?/m0/s1. The fourth-order valence-corrected chi connectivity index (χ4v) is 10.4. The smallest absolute Gasteiger partial charge is 0.262 e. The number of anilines is 5. The molecule has 3 saturated heterocycles. The van der Waals surface area contributed by atoms with Crippen LogP contribution in [0.2, 0.25) is 0 Å². The SMILES string of the molecule is Cc1cccc(C)c1Nc1nn(C)c2nc(Nc3ccc4c(c3)CN(C3CCN(C[C@@H]5CCCN(c6ccc7c(c6)C(=O)N(C6CCC(=O)NC6=O)C7=O)C5)CC3)CC4)ncc12. The summed E-state index contributed by atoms with van der Waals surface area (Å²) in [5.74, 6) is -0.121. The van der Waals surface area contributed by atoms with E-state index in [1.54, 1.807) is 10.7 Å². The minimum absolute atomic E-state index is 0.103. The molecule has 15 nitrogen and oxygen atoms in total. The fourth-order valence-electron chi connectivity index (χ4n) is 10.4. The number of aryl methyl sites for hydroxylation is 3. The molecule has 0 aliphatic carbocycles. The van der Waals surface area contributed by atoms with Gasteiger partial charge in [-0.05, 0) is 124 Å². The first-order valence-corrected chi connectivity index (χ1v) is 22.0. The van der Waals surface area contributed by atoms with Gasteiger partial charge in [-0.2, -0.15) is 10.1 Å². The molecule has 10 rings (SSSR count). The van der Waals surface area contributed by atoms with Crippen LogP contribution in [-0.2, 0) is 29.6 Å². The summed E-state index contributed by atoms with van der Waals surface area (Å²) in [6.07, 6.45) is 7.65. The number of hydrogen-bond donors (Lipinski definition) is 3. The number of nitrogens with zero attached hydrogens (tertiary/aromatic N) is 8. The van der Waals surface area contributed by atoms with E-state index in [9.17, 15) is 19.2 Å². The van der Waals surface area contributed by atoms with Crippen molar-refractivity contribution in [3.8, 4) is 0 Å². The molecular weight excluding hydrogens is 783 g/mol. The molecule has 0 bridgehead atoms. The highest BCUT2D eigenvalue weighted by molar-refractivity contribution is 6.23. The zero-order valence-electron chi connectivity index (χ0n) is 35.6. The molecule has 5 aliphatic heterocycles. The largest absolute Gasteiger partial charge is 0.371 e. The van der Waals surface area contributed by atoms with Gasteiger partial charge in [-0.15, -0.1) is 0 Å². The lowest BCUT2D eigenvalue weighted by atomic mass is 9.93. The molecule has 2 aromatic heterocycles. The van der Waals surface area contributed by atoms with E-state index in [1.807, 2.05) is 25.4 Å². The number of hydrogen-bond acceptors (Lipinski definition) is 12. The summed E-state index contributed by atoms with van der Waals surface area (Å²) in [4.78, 5) is 69.2. The quantitative estimate of drug-likeness (QED) is 0.158. The van der Waals surface area contributed by atoms with Crippen molar-refractivity contribution in [2.24, 2.45) is 13.0 Å². The lowest BCUT2D eigenvalue weighted by Gasteiger charge is -2.42. The van der Waals surface area contributed by atoms with Gasteiger partial charge in [-0.1, -0.05) is 24.3 Å². The topological polar surface area (TPSA) is 161 Å². The van der Waals surface area contributed by atoms with E-state index in [1.165, 1.54) is 11.1 Å². The first-order valence-electron chi connectivity index (χ1n) is 22.0. The maximum absolute atomic E-state index is 13.5. The van der Waals surface area contributed by atoms with E-state index in [0.717, 1.165) is 128 Å². The summed E-state index contributed by atoms with van der Waals surface area (Å²) in [6, 6.07) is 17.9. The summed E-state index contributed by atoms with van der Waals surface area (Å²) in [6.45, 7) is 11.2. The zero-order chi connectivity index (χ0) is 42.6. The number of imide groups is 2. The minimum atomic E-state index is -0.962. The van der Waals surface area contributed by atoms with Crippen molar-refractivity contribution in [1.82, 2.24) is 39.8 Å². The second kappa shape index (κ2) is 16.3. The van der Waals surface area contributed by atoms with Gasteiger partial charge in [0.2, 0.25) is 17.8 Å². The molecule has 0 saturated carbocycles. The third kappa shape index (κ3) is 7.57. The summed E-state index contributed by atoms with van der Waals surface area (Å²) < 4.78 is 1.80. The van der Waals surface area contributed by atoms with Crippen LogP contribution in [0.15, 0.2) is 60.8 Å². The molecule has 1 unspecified atom stereocenters. The molecule has 0 spiro atoms. The van der Waals surface area contributed by atoms with Gasteiger partial charge < -0.3 is 20.4 Å². The second-order valence-corrected chi connectivity index (χ2v) is 17.8. The average molecular weight is 836 g/mol. The minimum Gasteiger partial charge on any atom is -0.371 e. The van der Waals surface area contributed by atoms with Crippen molar-refractivity contribution in [3.63, 3.8) is 0 Å². The number of amides is 4. The molecule has 4 amide bonds. The Bertz CT molecular complexity index is 2600. The number of fused-ring (bicyclic) bond motifs is 3. The highest BCUT2D eigenvalue weighted by Gasteiger charge is 2.45. The van der Waals surface area contributed by atoms with Crippen molar-refractivity contribution in [2.75, 3.05) is 54.8 Å². The average Bonchev–Trinajstić information content (AvgIpc) is 3.72. The van der Waals surface area contributed by atoms with Gasteiger partial charge >= 0.3 is 0 Å². The molecule has 62 heavy (non-hydrogen) atoms. The Balaban J connectivity index is 0.730. The van der Waals surface area contributed by atoms with Crippen molar-refractivity contribution < 1.29 is 19.2 Å². The van der Waals surface area contributed by atoms with E-state index < -0.39 is 23.8 Å². The van der Waals surface area contributed by atoms with Gasteiger partial charge in [0.1, 0.15) is 6.04 Å². The van der Waals surface area contributed by atoms with Gasteiger partial charge in [-0.25, -0.2) is 9.67 Å². The van der Waals surface area contributed by atoms with Gasteiger partial charge in [0.15, 0.2) is 11.5 Å². The monoisotopic (exact) mass is 835 g/mol. The molecule has 5 aliphatic rings. The number of rotatable bonds is 9. The van der Waals surface area contributed by atoms with Crippen LogP contribution in [0.4, 0.5) is 28.8 Å². The molecule has 0 radical (unpaired) electrons. The van der Waals surface area contributed by atoms with Crippen LogP contribution in [-0.4, -0.2) is 109 Å². The van der Waals surface area contributed by atoms with E-state index in [2.05, 4.69) is 80.9 Å². The van der Waals surface area contributed by atoms with Crippen LogP contribution in [0, 0.1) is 19.8 Å². The van der Waals surface area contributed by atoms with Crippen molar-refractivity contribution >= 4 is 63.5 Å². The molecular formula is C47H53N11O4. The maximum atomic E-state index is 13.5. The summed E-state index contributed by atoms with van der Waals surface area (Å²) in [5.41, 5.74) is 9.44. The Morgan fingerprint density at radius 1 is 0.823 bits per heavy atom. The Hall–Kier alpha value is -6.19. The van der Waals surface area contributed by atoms with E-state index in [4.69, 9.17) is 15.1 Å². The Morgan fingerprint density at radius 2 is 1.63 bits per heavy atom. The molecule has 3 fully saturated rings. The number of para-hydroxylation sites is 1. The normalized spacial score (nSPS) is 21.3. The second-order valence-electron chi connectivity index (χ2n) is 17.8. The van der Waals surface area contributed by atoms with Gasteiger partial charge in [0.25, 0.3) is 11.8 Å². The molecule has 5 aromatic rings. The molecule has 3 aromatic carbocycles. The highest BCUT2D eigenvalue weighted by atomic mass is 16.2. The maximum Gasteiger partial charge on any atom is 0.262 e. The first-order chi connectivity index (χ1) is 30.1. The van der Waals surface area contributed by atoms with E-state index >= 15 is 0 Å². The lowest BCUT2D eigenvalue weighted by molar-refractivity contribution is -0.136. The Morgan fingerprint density at radius 3 is 2.44 bits per heavy atom. The number of likely N-dealkylation sites (tertiary alicyclic amines) is 1. The Kier molecular flexibility index (Phi) is 10.5. The van der Waals surface area contributed by atoms with Gasteiger partial charge in [-0.3, -0.25) is 34.3 Å². The molecule has 3 N–H and O–H groups in total. The number of aromatic nitrogens is 4.